The van der Waals surface area contributed by atoms with Crippen LogP contribution in [-0.2, 0) is 19.1 Å². The molecule has 0 aliphatic carbocycles. The summed E-state index contributed by atoms with van der Waals surface area (Å²) in [7, 11) is 1.69. The van der Waals surface area contributed by atoms with E-state index in [-0.39, 0.29) is 29.9 Å². The van der Waals surface area contributed by atoms with E-state index >= 15 is 0 Å². The smallest absolute Gasteiger partial charge is 0.430 e. The third-order valence-electron chi connectivity index (χ3n) is 7.74. The molecule has 0 radical (unpaired) electrons. The first kappa shape index (κ1) is 37.3. The van der Waals surface area contributed by atoms with Crippen molar-refractivity contribution in [3.8, 4) is 0 Å². The highest BCUT2D eigenvalue weighted by molar-refractivity contribution is 7.09. The molecule has 1 aromatic heterocycles. The number of rotatable bonds is 4. The lowest BCUT2D eigenvalue weighted by molar-refractivity contribution is -0.145. The van der Waals surface area contributed by atoms with Gasteiger partial charge in [0, 0.05) is 24.9 Å². The van der Waals surface area contributed by atoms with E-state index in [2.05, 4.69) is 11.1 Å². The van der Waals surface area contributed by atoms with Gasteiger partial charge in [-0.1, -0.05) is 91.9 Å². The Morgan fingerprint density at radius 1 is 1.26 bits per heavy atom. The van der Waals surface area contributed by atoms with Gasteiger partial charge in [0.1, 0.15) is 18.5 Å². The summed E-state index contributed by atoms with van der Waals surface area (Å²) in [5, 5.41) is 14.1. The molecular formula is C31H43Cl3N2O6S. The molecule has 0 spiro atoms. The number of aryl methyl sites for hydroxylation is 1. The van der Waals surface area contributed by atoms with E-state index in [4.69, 9.17) is 44.3 Å². The van der Waals surface area contributed by atoms with Crippen molar-refractivity contribution in [1.82, 2.24) is 9.88 Å². The Morgan fingerprint density at radius 3 is 2.49 bits per heavy atom. The number of alkyl halides is 3. The van der Waals surface area contributed by atoms with Gasteiger partial charge in [-0.05, 0) is 39.2 Å². The molecule has 0 bridgehead atoms. The first-order chi connectivity index (χ1) is 19.8. The van der Waals surface area contributed by atoms with Crippen molar-refractivity contribution >= 4 is 70.1 Å². The van der Waals surface area contributed by atoms with Crippen LogP contribution in [-0.4, -0.2) is 69.0 Å². The minimum atomic E-state index is -1.82. The van der Waals surface area contributed by atoms with Crippen LogP contribution in [0.3, 0.4) is 0 Å². The second-order valence-corrected chi connectivity index (χ2v) is 15.5. The predicted molar refractivity (Wildman–Crippen MR) is 173 cm³/mol. The van der Waals surface area contributed by atoms with E-state index in [0.717, 1.165) is 21.8 Å². The summed E-state index contributed by atoms with van der Waals surface area (Å²) < 4.78 is 8.76. The molecule has 43 heavy (non-hydrogen) atoms. The summed E-state index contributed by atoms with van der Waals surface area (Å²) in [6.45, 7) is 12.5. The zero-order valence-electron chi connectivity index (χ0n) is 26.0. The van der Waals surface area contributed by atoms with Crippen molar-refractivity contribution in [1.29, 1.82) is 0 Å². The van der Waals surface area contributed by atoms with Crippen molar-refractivity contribution in [2.75, 3.05) is 20.2 Å². The highest BCUT2D eigenvalue weighted by Crippen LogP contribution is 2.34. The summed E-state index contributed by atoms with van der Waals surface area (Å²) in [5.74, 6) is -1.93. The summed E-state index contributed by atoms with van der Waals surface area (Å²) in [4.78, 5) is 45.7. The van der Waals surface area contributed by atoms with Crippen molar-refractivity contribution < 1.29 is 29.0 Å². The first-order valence-corrected chi connectivity index (χ1v) is 16.1. The molecule has 0 saturated carbocycles. The standard InChI is InChI=1S/C31H43Cl3N2O6S/c1-18-10-9-11-19(2)27(42-29(40)41-17-31(32,33)34)21(4)28(39)30(6,7)25(37)14-26(38)36(8)15-23(12-18)20(3)13-24-16-43-22(5)35-24/h9-10,12-13,16,19,21,23,25,27,37H,11,14-15,17H2,1-8H3/b10-9-,18-12+,20-13?/t19-,21+,23+,25-,27-/m0/s1. The summed E-state index contributed by atoms with van der Waals surface area (Å²) in [6.07, 6.45) is 4.99. The van der Waals surface area contributed by atoms with E-state index in [1.807, 2.05) is 51.3 Å². The second-order valence-electron chi connectivity index (χ2n) is 11.9. The number of nitrogens with zero attached hydrogens (tertiary/aromatic N) is 2. The molecule has 2 heterocycles. The lowest BCUT2D eigenvalue weighted by Crippen LogP contribution is -2.47. The molecule has 1 aromatic rings. The highest BCUT2D eigenvalue weighted by Gasteiger charge is 2.44. The first-order valence-electron chi connectivity index (χ1n) is 14.1. The molecule has 5 atom stereocenters. The fourth-order valence-electron chi connectivity index (χ4n) is 4.96. The number of halogens is 3. The molecule has 0 fully saturated rings. The zero-order chi connectivity index (χ0) is 32.7. The highest BCUT2D eigenvalue weighted by atomic mass is 35.6. The average molecular weight is 678 g/mol. The number of carbonyl (C=O) groups is 3. The number of ketones is 1. The van der Waals surface area contributed by atoms with Crippen molar-refractivity contribution in [2.45, 2.75) is 77.3 Å². The van der Waals surface area contributed by atoms with Crippen LogP contribution in [0.15, 0.2) is 34.8 Å². The van der Waals surface area contributed by atoms with Gasteiger partial charge in [0.05, 0.1) is 34.6 Å². The molecule has 1 amide bonds. The minimum absolute atomic E-state index is 0.124. The molecule has 12 heteroatoms. The number of thiazole rings is 1. The predicted octanol–water partition coefficient (Wildman–Crippen LogP) is 7.35. The van der Waals surface area contributed by atoms with E-state index in [1.54, 1.807) is 44.1 Å². The van der Waals surface area contributed by atoms with Crippen LogP contribution in [0.25, 0.3) is 6.08 Å². The molecular weight excluding hydrogens is 635 g/mol. The van der Waals surface area contributed by atoms with Gasteiger partial charge in [0.15, 0.2) is 0 Å². The Bertz CT molecular complexity index is 1240. The number of aliphatic hydroxyl groups excluding tert-OH is 1. The second kappa shape index (κ2) is 15.9. The van der Waals surface area contributed by atoms with Gasteiger partial charge in [-0.15, -0.1) is 11.3 Å². The minimum Gasteiger partial charge on any atom is -0.430 e. The third-order valence-corrected chi connectivity index (χ3v) is 8.85. The Morgan fingerprint density at radius 2 is 1.91 bits per heavy atom. The Hall–Kier alpha value is -1.91. The number of hydrogen-bond acceptors (Lipinski definition) is 8. The third kappa shape index (κ3) is 11.5. The lowest BCUT2D eigenvalue weighted by atomic mass is 9.73. The number of carbonyl (C=O) groups excluding carboxylic acids is 3. The fraction of sp³-hybridized carbons (Fsp3) is 0.613. The Kier molecular flexibility index (Phi) is 13.8. The van der Waals surface area contributed by atoms with Gasteiger partial charge in [-0.2, -0.15) is 0 Å². The fourth-order valence-corrected chi connectivity index (χ4v) is 5.69. The number of ether oxygens (including phenoxy) is 2. The maximum atomic E-state index is 13.8. The molecule has 2 rings (SSSR count). The van der Waals surface area contributed by atoms with Gasteiger partial charge in [0.25, 0.3) is 0 Å². The van der Waals surface area contributed by atoms with Crippen LogP contribution >= 0.6 is 46.1 Å². The molecule has 1 aliphatic heterocycles. The summed E-state index contributed by atoms with van der Waals surface area (Å²) in [5.41, 5.74) is 1.54. The van der Waals surface area contributed by atoms with Crippen LogP contribution in [0.1, 0.15) is 65.1 Å². The van der Waals surface area contributed by atoms with Crippen LogP contribution in [0.2, 0.25) is 0 Å². The number of aromatic nitrogens is 1. The number of aliphatic hydroxyl groups is 1. The summed E-state index contributed by atoms with van der Waals surface area (Å²) in [6, 6.07) is 0. The molecule has 1 N–H and O–H groups in total. The number of amides is 1. The molecule has 8 nitrogen and oxygen atoms in total. The van der Waals surface area contributed by atoms with Gasteiger partial charge in [-0.3, -0.25) is 9.59 Å². The number of hydrogen-bond donors (Lipinski definition) is 1. The quantitative estimate of drug-likeness (QED) is 0.263. The van der Waals surface area contributed by atoms with Crippen molar-refractivity contribution in [2.24, 2.45) is 23.2 Å². The Balaban J connectivity index is 2.47. The van der Waals surface area contributed by atoms with Gasteiger partial charge in [0.2, 0.25) is 9.70 Å². The maximum Gasteiger partial charge on any atom is 0.508 e. The molecule has 0 unspecified atom stereocenters. The lowest BCUT2D eigenvalue weighted by Gasteiger charge is -2.36. The van der Waals surface area contributed by atoms with Crippen LogP contribution < -0.4 is 0 Å². The van der Waals surface area contributed by atoms with Gasteiger partial charge >= 0.3 is 6.16 Å². The monoisotopic (exact) mass is 676 g/mol. The van der Waals surface area contributed by atoms with Crippen LogP contribution in [0.5, 0.6) is 0 Å². The van der Waals surface area contributed by atoms with E-state index in [0.29, 0.717) is 13.0 Å². The molecule has 0 saturated heterocycles. The van der Waals surface area contributed by atoms with Gasteiger partial charge in [-0.25, -0.2) is 9.78 Å². The molecule has 240 valence electrons. The largest absolute Gasteiger partial charge is 0.508 e. The van der Waals surface area contributed by atoms with Crippen LogP contribution in [0.4, 0.5) is 4.79 Å². The van der Waals surface area contributed by atoms with Crippen LogP contribution in [0, 0.1) is 30.1 Å². The molecule has 0 aromatic carbocycles. The van der Waals surface area contributed by atoms with E-state index in [1.165, 1.54) is 0 Å². The molecule has 1 aliphatic rings. The van der Waals surface area contributed by atoms with Crippen molar-refractivity contribution in [3.63, 3.8) is 0 Å². The average Bonchev–Trinajstić information content (AvgIpc) is 3.32. The van der Waals surface area contributed by atoms with E-state index in [9.17, 15) is 19.5 Å². The maximum absolute atomic E-state index is 13.8. The topological polar surface area (TPSA) is 106 Å². The number of Topliss-reactive ketones (excluding diaryl/α,β-unsaturated/α-hetero) is 1. The normalized spacial score (nSPS) is 28.7. The number of allylic oxidation sites excluding steroid dienone is 3. The SMILES string of the molecule is CC(=Cc1csc(C)n1)[C@@H]1/C=C(C)/C=C\C[C@H](C)[C@H](OC(=O)OCC(Cl)(Cl)Cl)[C@@H](C)C(=O)C(C)(C)[C@@H](O)CC(=O)N(C)C1. The summed E-state index contributed by atoms with van der Waals surface area (Å²) >= 11 is 18.7. The Labute approximate surface area is 274 Å². The van der Waals surface area contributed by atoms with Gasteiger partial charge < -0.3 is 19.5 Å². The van der Waals surface area contributed by atoms with E-state index < -0.39 is 40.1 Å². The zero-order valence-corrected chi connectivity index (χ0v) is 29.1. The van der Waals surface area contributed by atoms with Crippen molar-refractivity contribution in [3.05, 3.63) is 45.5 Å².